The smallest absolute Gasteiger partial charge is 0.251 e. The van der Waals surface area contributed by atoms with Gasteiger partial charge in [0.2, 0.25) is 0 Å². The highest BCUT2D eigenvalue weighted by Gasteiger charge is 2.12. The molecule has 0 aliphatic rings. The van der Waals surface area contributed by atoms with E-state index < -0.39 is 0 Å². The maximum atomic E-state index is 13.5. The highest BCUT2D eigenvalue weighted by molar-refractivity contribution is 5.94. The molecule has 0 bridgehead atoms. The van der Waals surface area contributed by atoms with Crippen LogP contribution in [0.4, 0.5) is 4.39 Å². The summed E-state index contributed by atoms with van der Waals surface area (Å²) in [5, 5.41) is 2.89. The van der Waals surface area contributed by atoms with Gasteiger partial charge in [-0.1, -0.05) is 37.3 Å². The predicted molar refractivity (Wildman–Crippen MR) is 78.1 cm³/mol. The molecule has 0 fully saturated rings. The summed E-state index contributed by atoms with van der Waals surface area (Å²) >= 11 is 0. The Morgan fingerprint density at radius 2 is 1.90 bits per heavy atom. The number of rotatable bonds is 4. The van der Waals surface area contributed by atoms with Crippen molar-refractivity contribution in [2.75, 3.05) is 0 Å². The van der Waals surface area contributed by atoms with Crippen molar-refractivity contribution in [2.45, 2.75) is 26.3 Å². The van der Waals surface area contributed by atoms with E-state index in [9.17, 15) is 9.18 Å². The topological polar surface area (TPSA) is 29.1 Å². The van der Waals surface area contributed by atoms with Gasteiger partial charge >= 0.3 is 0 Å². The third-order valence-corrected chi connectivity index (χ3v) is 3.28. The summed E-state index contributed by atoms with van der Waals surface area (Å²) in [4.78, 5) is 12.2. The minimum absolute atomic E-state index is 0.114. The lowest BCUT2D eigenvalue weighted by molar-refractivity contribution is 0.0939. The molecule has 0 heterocycles. The first-order chi connectivity index (χ1) is 9.60. The van der Waals surface area contributed by atoms with Crippen LogP contribution in [-0.4, -0.2) is 5.91 Å². The SMILES string of the molecule is CCc1cc(F)cc(C(=O)N[C@@H](C)c2ccccc2)c1. The molecule has 0 aliphatic carbocycles. The fourth-order valence-electron chi connectivity index (χ4n) is 2.09. The van der Waals surface area contributed by atoms with Crippen molar-refractivity contribution < 1.29 is 9.18 Å². The molecule has 0 aliphatic heterocycles. The molecule has 1 N–H and O–H groups in total. The lowest BCUT2D eigenvalue weighted by atomic mass is 10.1. The number of aryl methyl sites for hydroxylation is 1. The van der Waals surface area contributed by atoms with Gasteiger partial charge in [0.25, 0.3) is 5.91 Å². The second kappa shape index (κ2) is 6.33. The molecule has 0 radical (unpaired) electrons. The van der Waals surface area contributed by atoms with E-state index in [-0.39, 0.29) is 17.8 Å². The normalized spacial score (nSPS) is 11.9. The number of amides is 1. The van der Waals surface area contributed by atoms with Gasteiger partial charge in [-0.2, -0.15) is 0 Å². The Bertz CT molecular complexity index is 595. The Labute approximate surface area is 118 Å². The first kappa shape index (κ1) is 14.3. The maximum Gasteiger partial charge on any atom is 0.251 e. The van der Waals surface area contributed by atoms with E-state index in [4.69, 9.17) is 0 Å². The minimum Gasteiger partial charge on any atom is -0.346 e. The molecule has 2 nitrogen and oxygen atoms in total. The fraction of sp³-hybridized carbons (Fsp3) is 0.235. The highest BCUT2D eigenvalue weighted by atomic mass is 19.1. The Kier molecular flexibility index (Phi) is 4.51. The van der Waals surface area contributed by atoms with Crippen molar-refractivity contribution in [1.82, 2.24) is 5.32 Å². The van der Waals surface area contributed by atoms with E-state index in [1.165, 1.54) is 12.1 Å². The number of hydrogen-bond donors (Lipinski definition) is 1. The molecule has 1 atom stereocenters. The molecule has 104 valence electrons. The van der Waals surface area contributed by atoms with Crippen LogP contribution < -0.4 is 5.32 Å². The van der Waals surface area contributed by atoms with E-state index in [1.54, 1.807) is 6.07 Å². The van der Waals surface area contributed by atoms with Crippen LogP contribution in [0.1, 0.15) is 41.4 Å². The second-order valence-corrected chi connectivity index (χ2v) is 4.81. The van der Waals surface area contributed by atoms with Gasteiger partial charge in [-0.25, -0.2) is 4.39 Å². The first-order valence-corrected chi connectivity index (χ1v) is 6.75. The summed E-state index contributed by atoms with van der Waals surface area (Å²) in [5.41, 5.74) is 2.21. The van der Waals surface area contributed by atoms with Crippen LogP contribution in [0.3, 0.4) is 0 Å². The summed E-state index contributed by atoms with van der Waals surface area (Å²) in [6.45, 7) is 3.84. The van der Waals surface area contributed by atoms with Crippen LogP contribution in [0, 0.1) is 5.82 Å². The zero-order valence-corrected chi connectivity index (χ0v) is 11.7. The van der Waals surface area contributed by atoms with Gasteiger partial charge in [-0.05, 0) is 42.7 Å². The molecular weight excluding hydrogens is 253 g/mol. The third kappa shape index (κ3) is 3.44. The van der Waals surface area contributed by atoms with Crippen LogP contribution in [0.2, 0.25) is 0 Å². The summed E-state index contributed by atoms with van der Waals surface area (Å²) < 4.78 is 13.5. The molecule has 20 heavy (non-hydrogen) atoms. The summed E-state index contributed by atoms with van der Waals surface area (Å²) in [7, 11) is 0. The van der Waals surface area contributed by atoms with E-state index >= 15 is 0 Å². The molecular formula is C17H18FNO. The lowest BCUT2D eigenvalue weighted by Gasteiger charge is -2.14. The van der Waals surface area contributed by atoms with Crippen molar-refractivity contribution in [1.29, 1.82) is 0 Å². The molecule has 0 spiro atoms. The van der Waals surface area contributed by atoms with Crippen molar-refractivity contribution in [3.8, 4) is 0 Å². The predicted octanol–water partition coefficient (Wildman–Crippen LogP) is 3.88. The number of nitrogens with one attached hydrogen (secondary N) is 1. The van der Waals surface area contributed by atoms with Crippen molar-refractivity contribution in [2.24, 2.45) is 0 Å². The maximum absolute atomic E-state index is 13.5. The van der Waals surface area contributed by atoms with E-state index in [2.05, 4.69) is 5.32 Å². The van der Waals surface area contributed by atoms with Crippen molar-refractivity contribution in [3.05, 3.63) is 71.0 Å². The molecule has 0 saturated heterocycles. The van der Waals surface area contributed by atoms with Crippen LogP contribution in [0.25, 0.3) is 0 Å². The van der Waals surface area contributed by atoms with E-state index in [0.29, 0.717) is 12.0 Å². The van der Waals surface area contributed by atoms with Gasteiger partial charge in [-0.3, -0.25) is 4.79 Å². The van der Waals surface area contributed by atoms with Crippen LogP contribution in [0.15, 0.2) is 48.5 Å². The second-order valence-electron chi connectivity index (χ2n) is 4.81. The standard InChI is InChI=1S/C17H18FNO/c1-3-13-9-15(11-16(18)10-13)17(20)19-12(2)14-7-5-4-6-8-14/h4-12H,3H2,1-2H3,(H,19,20)/t12-/m0/s1. The lowest BCUT2D eigenvalue weighted by Crippen LogP contribution is -2.26. The van der Waals surface area contributed by atoms with Crippen molar-refractivity contribution >= 4 is 5.91 Å². The number of halogens is 1. The number of hydrogen-bond acceptors (Lipinski definition) is 1. The Morgan fingerprint density at radius 1 is 1.20 bits per heavy atom. The molecule has 2 aromatic rings. The highest BCUT2D eigenvalue weighted by Crippen LogP contribution is 2.14. The Hall–Kier alpha value is -2.16. The Balaban J connectivity index is 2.14. The average Bonchev–Trinajstić information content (AvgIpc) is 2.47. The van der Waals surface area contributed by atoms with Gasteiger partial charge in [0.15, 0.2) is 0 Å². The summed E-state index contributed by atoms with van der Waals surface area (Å²) in [6, 6.07) is 14.0. The van der Waals surface area contributed by atoms with Crippen LogP contribution >= 0.6 is 0 Å². The van der Waals surface area contributed by atoms with Gasteiger partial charge < -0.3 is 5.32 Å². The number of carbonyl (C=O) groups is 1. The van der Waals surface area contributed by atoms with Gasteiger partial charge in [-0.15, -0.1) is 0 Å². The zero-order chi connectivity index (χ0) is 14.5. The van der Waals surface area contributed by atoms with Gasteiger partial charge in [0, 0.05) is 5.56 Å². The molecule has 0 aromatic heterocycles. The summed E-state index contributed by atoms with van der Waals surface area (Å²) in [5.74, 6) is -0.627. The van der Waals surface area contributed by atoms with E-state index in [0.717, 1.165) is 11.1 Å². The number of benzene rings is 2. The van der Waals surface area contributed by atoms with E-state index in [1.807, 2.05) is 44.2 Å². The molecule has 0 saturated carbocycles. The summed E-state index contributed by atoms with van der Waals surface area (Å²) in [6.07, 6.45) is 0.701. The average molecular weight is 271 g/mol. The fourth-order valence-corrected chi connectivity index (χ4v) is 2.09. The minimum atomic E-state index is -0.373. The van der Waals surface area contributed by atoms with Crippen molar-refractivity contribution in [3.63, 3.8) is 0 Å². The third-order valence-electron chi connectivity index (χ3n) is 3.28. The number of carbonyl (C=O) groups excluding carboxylic acids is 1. The Morgan fingerprint density at radius 3 is 2.55 bits per heavy atom. The monoisotopic (exact) mass is 271 g/mol. The van der Waals surface area contributed by atoms with Crippen LogP contribution in [0.5, 0.6) is 0 Å². The zero-order valence-electron chi connectivity index (χ0n) is 11.7. The largest absolute Gasteiger partial charge is 0.346 e. The molecule has 3 heteroatoms. The quantitative estimate of drug-likeness (QED) is 0.898. The van der Waals surface area contributed by atoms with Gasteiger partial charge in [0.05, 0.1) is 6.04 Å². The molecule has 0 unspecified atom stereocenters. The molecule has 2 rings (SSSR count). The van der Waals surface area contributed by atoms with Gasteiger partial charge in [0.1, 0.15) is 5.82 Å². The molecule has 1 amide bonds. The first-order valence-electron chi connectivity index (χ1n) is 6.75. The molecule has 2 aromatic carbocycles. The van der Waals surface area contributed by atoms with Crippen LogP contribution in [-0.2, 0) is 6.42 Å².